The van der Waals surface area contributed by atoms with Gasteiger partial charge in [0.05, 0.1) is 5.75 Å². The summed E-state index contributed by atoms with van der Waals surface area (Å²) < 4.78 is 30.2. The molecule has 1 heterocycles. The third kappa shape index (κ3) is 5.70. The molecular weight excluding hydrogens is 400 g/mol. The lowest BCUT2D eigenvalue weighted by molar-refractivity contribution is -0.116. The summed E-state index contributed by atoms with van der Waals surface area (Å²) in [5, 5.41) is 6.18. The molecule has 2 aromatic carbocycles. The van der Waals surface area contributed by atoms with E-state index in [1.165, 1.54) is 0 Å². The number of carbonyl (C=O) groups is 1. The van der Waals surface area contributed by atoms with Gasteiger partial charge in [-0.2, -0.15) is 0 Å². The molecule has 3 rings (SSSR count). The van der Waals surface area contributed by atoms with Crippen molar-refractivity contribution in [1.29, 1.82) is 0 Å². The van der Waals surface area contributed by atoms with Crippen LogP contribution in [0.3, 0.4) is 0 Å². The number of sulfone groups is 1. The first-order chi connectivity index (χ1) is 13.0. The highest BCUT2D eigenvalue weighted by Crippen LogP contribution is 2.30. The number of benzene rings is 2. The number of anilines is 1. The van der Waals surface area contributed by atoms with Crippen molar-refractivity contribution in [2.24, 2.45) is 0 Å². The molecule has 1 amide bonds. The molecule has 152 valence electrons. The molecule has 0 bridgehead atoms. The summed E-state index contributed by atoms with van der Waals surface area (Å²) in [4.78, 5) is 12.3. The van der Waals surface area contributed by atoms with Gasteiger partial charge in [0.1, 0.15) is 16.4 Å². The van der Waals surface area contributed by atoms with Gasteiger partial charge < -0.3 is 15.4 Å². The van der Waals surface area contributed by atoms with Crippen molar-refractivity contribution in [3.05, 3.63) is 48.5 Å². The van der Waals surface area contributed by atoms with E-state index in [-0.39, 0.29) is 35.0 Å². The molecule has 0 aromatic heterocycles. The van der Waals surface area contributed by atoms with Gasteiger partial charge >= 0.3 is 0 Å². The minimum absolute atomic E-state index is 0. The van der Waals surface area contributed by atoms with Gasteiger partial charge in [0, 0.05) is 18.2 Å². The quantitative estimate of drug-likeness (QED) is 0.706. The summed E-state index contributed by atoms with van der Waals surface area (Å²) in [6, 6.07) is 13.7. The van der Waals surface area contributed by atoms with E-state index in [1.54, 1.807) is 55.5 Å². The van der Waals surface area contributed by atoms with Crippen LogP contribution in [0.25, 0.3) is 0 Å². The normalized spacial score (nSPS) is 16.2. The highest BCUT2D eigenvalue weighted by Gasteiger charge is 2.19. The van der Waals surface area contributed by atoms with Crippen molar-refractivity contribution in [2.75, 3.05) is 17.6 Å². The Hall–Kier alpha value is -2.09. The molecule has 1 aliphatic rings. The highest BCUT2D eigenvalue weighted by atomic mass is 35.5. The molecule has 1 unspecified atom stereocenters. The van der Waals surface area contributed by atoms with Gasteiger partial charge in [0.25, 0.3) is 0 Å². The molecular formula is C20H25ClN2O4S. The molecule has 6 nitrogen and oxygen atoms in total. The Morgan fingerprint density at radius 2 is 1.89 bits per heavy atom. The van der Waals surface area contributed by atoms with Crippen LogP contribution < -0.4 is 15.4 Å². The second-order valence-electron chi connectivity index (χ2n) is 6.52. The number of rotatable bonds is 7. The van der Waals surface area contributed by atoms with Gasteiger partial charge in [-0.25, -0.2) is 8.42 Å². The number of hydrogen-bond acceptors (Lipinski definition) is 5. The zero-order valence-electron chi connectivity index (χ0n) is 15.7. The van der Waals surface area contributed by atoms with E-state index in [4.69, 9.17) is 4.74 Å². The molecule has 1 aliphatic heterocycles. The molecule has 0 spiro atoms. The number of hydrogen-bond donors (Lipinski definition) is 2. The van der Waals surface area contributed by atoms with Crippen LogP contribution in [0.15, 0.2) is 53.4 Å². The Labute approximate surface area is 172 Å². The number of amides is 1. The fourth-order valence-corrected chi connectivity index (χ4v) is 4.06. The fourth-order valence-electron chi connectivity index (χ4n) is 3.05. The van der Waals surface area contributed by atoms with E-state index in [2.05, 4.69) is 10.6 Å². The standard InChI is InChI=1S/C20H24N2O4S.ClH/c1-2-27(24,25)19-8-4-3-7-18(19)26-17-11-9-15(10-12-17)22-20(23)14-16-6-5-13-21-16;/h3-4,7-12,16,21H,2,5-6,13-14H2,1H3,(H,22,23);1H. The molecule has 0 aliphatic carbocycles. The van der Waals surface area contributed by atoms with Crippen molar-refractivity contribution in [1.82, 2.24) is 5.32 Å². The molecule has 1 atom stereocenters. The maximum absolute atomic E-state index is 12.2. The SMILES string of the molecule is CCS(=O)(=O)c1ccccc1Oc1ccc(NC(=O)CC2CCCN2)cc1.Cl. The molecule has 8 heteroatoms. The van der Waals surface area contributed by atoms with Gasteiger partial charge in [0.2, 0.25) is 5.91 Å². The Bertz CT molecular complexity index is 895. The maximum Gasteiger partial charge on any atom is 0.225 e. The van der Waals surface area contributed by atoms with Gasteiger partial charge in [-0.3, -0.25) is 4.79 Å². The highest BCUT2D eigenvalue weighted by molar-refractivity contribution is 7.91. The number of nitrogens with one attached hydrogen (secondary N) is 2. The lowest BCUT2D eigenvalue weighted by atomic mass is 10.1. The lowest BCUT2D eigenvalue weighted by Crippen LogP contribution is -2.27. The molecule has 0 radical (unpaired) electrons. The lowest BCUT2D eigenvalue weighted by Gasteiger charge is -2.12. The zero-order chi connectivity index (χ0) is 19.3. The number of para-hydroxylation sites is 1. The van der Waals surface area contributed by atoms with Crippen molar-refractivity contribution in [3.63, 3.8) is 0 Å². The summed E-state index contributed by atoms with van der Waals surface area (Å²) >= 11 is 0. The van der Waals surface area contributed by atoms with Crippen LogP contribution in [0.4, 0.5) is 5.69 Å². The third-order valence-corrected chi connectivity index (χ3v) is 6.29. The molecule has 2 N–H and O–H groups in total. The van der Waals surface area contributed by atoms with Gasteiger partial charge in [-0.15, -0.1) is 12.4 Å². The van der Waals surface area contributed by atoms with Crippen LogP contribution in [-0.2, 0) is 14.6 Å². The number of halogens is 1. The first-order valence-electron chi connectivity index (χ1n) is 9.11. The fraction of sp³-hybridized carbons (Fsp3) is 0.350. The smallest absolute Gasteiger partial charge is 0.225 e. The average Bonchev–Trinajstić information content (AvgIpc) is 3.16. The predicted molar refractivity (Wildman–Crippen MR) is 112 cm³/mol. The Morgan fingerprint density at radius 3 is 2.54 bits per heavy atom. The summed E-state index contributed by atoms with van der Waals surface area (Å²) in [6.45, 7) is 2.57. The van der Waals surface area contributed by atoms with Crippen LogP contribution in [-0.4, -0.2) is 32.7 Å². The maximum atomic E-state index is 12.2. The van der Waals surface area contributed by atoms with Crippen molar-refractivity contribution in [2.45, 2.75) is 37.1 Å². The largest absolute Gasteiger partial charge is 0.456 e. The Kier molecular flexibility index (Phi) is 7.86. The van der Waals surface area contributed by atoms with E-state index in [9.17, 15) is 13.2 Å². The van der Waals surface area contributed by atoms with Gasteiger partial charge in [-0.1, -0.05) is 19.1 Å². The second-order valence-corrected chi connectivity index (χ2v) is 8.77. The summed E-state index contributed by atoms with van der Waals surface area (Å²) in [5.74, 6) is 0.781. The van der Waals surface area contributed by atoms with Crippen molar-refractivity contribution >= 4 is 33.8 Å². The topological polar surface area (TPSA) is 84.5 Å². The first kappa shape index (κ1) is 22.2. The molecule has 28 heavy (non-hydrogen) atoms. The predicted octanol–water partition coefficient (Wildman–Crippen LogP) is 3.77. The number of ether oxygens (including phenoxy) is 1. The Morgan fingerprint density at radius 1 is 1.18 bits per heavy atom. The monoisotopic (exact) mass is 424 g/mol. The van der Waals surface area contributed by atoms with Crippen molar-refractivity contribution < 1.29 is 17.9 Å². The van der Waals surface area contributed by atoms with E-state index >= 15 is 0 Å². The van der Waals surface area contributed by atoms with Crippen molar-refractivity contribution in [3.8, 4) is 11.5 Å². The van der Waals surface area contributed by atoms with Gasteiger partial charge in [-0.05, 0) is 55.8 Å². The average molecular weight is 425 g/mol. The molecule has 1 fully saturated rings. The van der Waals surface area contributed by atoms with Crippen LogP contribution in [0.2, 0.25) is 0 Å². The summed E-state index contributed by atoms with van der Waals surface area (Å²) in [6.07, 6.45) is 2.60. The summed E-state index contributed by atoms with van der Waals surface area (Å²) in [7, 11) is -3.37. The van der Waals surface area contributed by atoms with Crippen LogP contribution >= 0.6 is 12.4 Å². The van der Waals surface area contributed by atoms with E-state index in [1.807, 2.05) is 0 Å². The van der Waals surface area contributed by atoms with Crippen LogP contribution in [0.5, 0.6) is 11.5 Å². The molecule has 2 aromatic rings. The van der Waals surface area contributed by atoms with Gasteiger partial charge in [0.15, 0.2) is 9.84 Å². The summed E-state index contributed by atoms with van der Waals surface area (Å²) in [5.41, 5.74) is 0.680. The number of carbonyl (C=O) groups excluding carboxylic acids is 1. The minimum Gasteiger partial charge on any atom is -0.456 e. The third-order valence-electron chi connectivity index (χ3n) is 4.52. The molecule has 0 saturated carbocycles. The van der Waals surface area contributed by atoms with Crippen LogP contribution in [0, 0.1) is 0 Å². The molecule has 1 saturated heterocycles. The zero-order valence-corrected chi connectivity index (χ0v) is 17.3. The Balaban J connectivity index is 0.00000280. The van der Waals surface area contributed by atoms with Crippen LogP contribution in [0.1, 0.15) is 26.2 Å². The second kappa shape index (κ2) is 9.91. The minimum atomic E-state index is -3.37. The van der Waals surface area contributed by atoms with E-state index < -0.39 is 9.84 Å². The van der Waals surface area contributed by atoms with E-state index in [0.29, 0.717) is 23.6 Å². The first-order valence-corrected chi connectivity index (χ1v) is 10.8. The van der Waals surface area contributed by atoms with E-state index in [0.717, 1.165) is 19.4 Å².